The first-order chi connectivity index (χ1) is 4.15. The van der Waals surface area contributed by atoms with Crippen molar-refractivity contribution in [3.63, 3.8) is 0 Å². The second kappa shape index (κ2) is 2.48. The molecule has 0 saturated heterocycles. The minimum absolute atomic E-state index is 0.207. The Balaban J connectivity index is 4.56. The van der Waals surface area contributed by atoms with Crippen LogP contribution in [0.2, 0.25) is 0 Å². The summed E-state index contributed by atoms with van der Waals surface area (Å²) < 4.78 is 29.8. The zero-order valence-corrected chi connectivity index (χ0v) is 7.51. The second-order valence-electron chi connectivity index (χ2n) is 3.23. The van der Waals surface area contributed by atoms with E-state index in [1.807, 2.05) is 0 Å². The smallest absolute Gasteiger partial charge is 0.314 e. The first-order valence-corrected chi connectivity index (χ1v) is 4.43. The van der Waals surface area contributed by atoms with Gasteiger partial charge in [-0.2, -0.15) is 8.42 Å². The highest BCUT2D eigenvalue weighted by molar-refractivity contribution is 7.86. The summed E-state index contributed by atoms with van der Waals surface area (Å²) in [5.74, 6) is 0. The van der Waals surface area contributed by atoms with Crippen molar-refractivity contribution in [3.05, 3.63) is 0 Å². The van der Waals surface area contributed by atoms with Gasteiger partial charge in [0.1, 0.15) is 0 Å². The average molecular weight is 168 g/mol. The molecule has 0 aromatic carbocycles. The molecule has 0 aliphatic heterocycles. The zero-order chi connectivity index (χ0) is 8.58. The Bertz CT molecular complexity index is 201. The molecule has 1 N–H and O–H groups in total. The lowest BCUT2D eigenvalue weighted by Crippen LogP contribution is -2.47. The number of rotatable bonds is 2. The summed E-state index contributed by atoms with van der Waals surface area (Å²) in [6.45, 7) is 1.47. The Labute approximate surface area is 61.8 Å². The molecule has 0 aliphatic rings. The van der Waals surface area contributed by atoms with Gasteiger partial charge in [0.2, 0.25) is 5.37 Å². The molecule has 0 spiro atoms. The molecule has 1 atom stereocenters. The van der Waals surface area contributed by atoms with Crippen molar-refractivity contribution >= 4 is 10.1 Å². The van der Waals surface area contributed by atoms with Crippen LogP contribution < -0.4 is 0 Å². The number of nitrogens with zero attached hydrogens (tertiary/aromatic N) is 1. The lowest BCUT2D eigenvalue weighted by atomic mass is 10.6. The van der Waals surface area contributed by atoms with E-state index in [2.05, 4.69) is 0 Å². The molecule has 0 saturated carbocycles. The molecule has 1 unspecified atom stereocenters. The van der Waals surface area contributed by atoms with Crippen LogP contribution in [-0.2, 0) is 10.1 Å². The van der Waals surface area contributed by atoms with Crippen LogP contribution in [0.5, 0.6) is 0 Å². The fourth-order valence-electron chi connectivity index (χ4n) is 0.400. The topological polar surface area (TPSA) is 54.4 Å². The van der Waals surface area contributed by atoms with Crippen LogP contribution in [0.25, 0.3) is 0 Å². The van der Waals surface area contributed by atoms with Crippen molar-refractivity contribution in [2.45, 2.75) is 12.3 Å². The predicted octanol–water partition coefficient (Wildman–Crippen LogP) is -0.0736. The van der Waals surface area contributed by atoms with Crippen LogP contribution >= 0.6 is 0 Å². The minimum atomic E-state index is -3.89. The van der Waals surface area contributed by atoms with Crippen molar-refractivity contribution in [1.29, 1.82) is 0 Å². The van der Waals surface area contributed by atoms with E-state index in [0.717, 1.165) is 0 Å². The quantitative estimate of drug-likeness (QED) is 0.464. The Hall–Kier alpha value is -0.130. The average Bonchev–Trinajstić information content (AvgIpc) is 1.59. The van der Waals surface area contributed by atoms with Gasteiger partial charge in [0.05, 0.1) is 21.1 Å². The van der Waals surface area contributed by atoms with E-state index >= 15 is 0 Å². The molecule has 62 valence electrons. The summed E-state index contributed by atoms with van der Waals surface area (Å²) in [7, 11) is 1.23. The first kappa shape index (κ1) is 9.87. The van der Waals surface area contributed by atoms with E-state index in [-0.39, 0.29) is 4.48 Å². The van der Waals surface area contributed by atoms with Crippen LogP contribution in [0.15, 0.2) is 0 Å². The molecule has 0 radical (unpaired) electrons. The fraction of sp³-hybridized carbons (Fsp3) is 1.00. The molecular weight excluding hydrogens is 154 g/mol. The van der Waals surface area contributed by atoms with Gasteiger partial charge < -0.3 is 4.48 Å². The van der Waals surface area contributed by atoms with Gasteiger partial charge in [0.25, 0.3) is 0 Å². The third-order valence-electron chi connectivity index (χ3n) is 1.52. The largest absolute Gasteiger partial charge is 0.319 e. The van der Waals surface area contributed by atoms with Gasteiger partial charge in [-0.1, -0.05) is 0 Å². The van der Waals surface area contributed by atoms with Crippen LogP contribution in [-0.4, -0.2) is 44.0 Å². The van der Waals surface area contributed by atoms with E-state index in [1.165, 1.54) is 6.92 Å². The van der Waals surface area contributed by atoms with Gasteiger partial charge in [-0.15, -0.1) is 0 Å². The fourth-order valence-corrected chi connectivity index (χ4v) is 1.20. The van der Waals surface area contributed by atoms with Crippen molar-refractivity contribution < 1.29 is 17.5 Å². The van der Waals surface area contributed by atoms with Gasteiger partial charge in [0.15, 0.2) is 0 Å². The molecule has 0 rings (SSSR count). The molecule has 10 heavy (non-hydrogen) atoms. The Kier molecular flexibility index (Phi) is 2.45. The summed E-state index contributed by atoms with van der Waals surface area (Å²) in [6, 6.07) is 0. The standard InChI is InChI=1S/C5H13NO3S/c1-5(6(2,3)4)10(7,8)9/h5H,1-4H3/p+1. The Morgan fingerprint density at radius 3 is 1.60 bits per heavy atom. The van der Waals surface area contributed by atoms with Crippen LogP contribution in [0, 0.1) is 0 Å². The third kappa shape index (κ3) is 2.64. The summed E-state index contributed by atoms with van der Waals surface area (Å²) in [5, 5.41) is -0.771. The summed E-state index contributed by atoms with van der Waals surface area (Å²) in [4.78, 5) is 0. The number of hydrogen-bond donors (Lipinski definition) is 1. The lowest BCUT2D eigenvalue weighted by Gasteiger charge is -2.28. The molecule has 0 aromatic rings. The molecule has 0 bridgehead atoms. The normalized spacial score (nSPS) is 16.9. The highest BCUT2D eigenvalue weighted by atomic mass is 32.2. The molecule has 0 heterocycles. The van der Waals surface area contributed by atoms with E-state index < -0.39 is 15.5 Å². The van der Waals surface area contributed by atoms with Crippen LogP contribution in [0.1, 0.15) is 6.92 Å². The number of hydrogen-bond acceptors (Lipinski definition) is 2. The highest BCUT2D eigenvalue weighted by Gasteiger charge is 2.30. The van der Waals surface area contributed by atoms with Gasteiger partial charge in [0, 0.05) is 6.92 Å². The molecule has 0 fully saturated rings. The molecular formula is C5H14NO3S+. The van der Waals surface area contributed by atoms with Crippen LogP contribution in [0.3, 0.4) is 0 Å². The van der Waals surface area contributed by atoms with Gasteiger partial charge in [-0.25, -0.2) is 0 Å². The SMILES string of the molecule is CC([N+](C)(C)C)S(=O)(=O)O. The molecule has 0 amide bonds. The van der Waals surface area contributed by atoms with Crippen molar-refractivity contribution in [3.8, 4) is 0 Å². The van der Waals surface area contributed by atoms with Gasteiger partial charge >= 0.3 is 10.1 Å². The molecule has 0 aliphatic carbocycles. The maximum Gasteiger partial charge on any atom is 0.319 e. The molecule has 0 aromatic heterocycles. The highest BCUT2D eigenvalue weighted by Crippen LogP contribution is 2.07. The third-order valence-corrected chi connectivity index (χ3v) is 3.02. The first-order valence-electron chi connectivity index (χ1n) is 2.93. The predicted molar refractivity (Wildman–Crippen MR) is 39.0 cm³/mol. The summed E-state index contributed by atoms with van der Waals surface area (Å²) in [6.07, 6.45) is 0. The summed E-state index contributed by atoms with van der Waals surface area (Å²) >= 11 is 0. The lowest BCUT2D eigenvalue weighted by molar-refractivity contribution is -0.880. The monoisotopic (exact) mass is 168 g/mol. The van der Waals surface area contributed by atoms with E-state index in [1.54, 1.807) is 21.1 Å². The van der Waals surface area contributed by atoms with Gasteiger partial charge in [-0.3, -0.25) is 4.55 Å². The minimum Gasteiger partial charge on any atom is -0.314 e. The van der Waals surface area contributed by atoms with E-state index in [0.29, 0.717) is 0 Å². The maximum absolute atomic E-state index is 10.5. The Morgan fingerprint density at radius 2 is 1.60 bits per heavy atom. The summed E-state index contributed by atoms with van der Waals surface area (Å²) in [5.41, 5.74) is 0. The van der Waals surface area contributed by atoms with E-state index in [4.69, 9.17) is 4.55 Å². The molecule has 4 nitrogen and oxygen atoms in total. The molecule has 5 heteroatoms. The van der Waals surface area contributed by atoms with Crippen molar-refractivity contribution in [1.82, 2.24) is 0 Å². The number of quaternary nitrogens is 1. The second-order valence-corrected chi connectivity index (χ2v) is 4.94. The van der Waals surface area contributed by atoms with Gasteiger partial charge in [-0.05, 0) is 0 Å². The van der Waals surface area contributed by atoms with Crippen molar-refractivity contribution in [2.24, 2.45) is 0 Å². The van der Waals surface area contributed by atoms with E-state index in [9.17, 15) is 8.42 Å². The maximum atomic E-state index is 10.5. The zero-order valence-electron chi connectivity index (χ0n) is 6.70. The van der Waals surface area contributed by atoms with Crippen molar-refractivity contribution in [2.75, 3.05) is 21.1 Å². The van der Waals surface area contributed by atoms with Crippen LogP contribution in [0.4, 0.5) is 0 Å². The Morgan fingerprint density at radius 1 is 1.30 bits per heavy atom.